The van der Waals surface area contributed by atoms with Crippen LogP contribution in [0.4, 0.5) is 5.69 Å². The first-order valence-electron chi connectivity index (χ1n) is 4.80. The van der Waals surface area contributed by atoms with Crippen LogP contribution >= 0.6 is 28.6 Å². The van der Waals surface area contributed by atoms with E-state index in [1.807, 2.05) is 6.07 Å². The first kappa shape index (κ1) is 11.5. The van der Waals surface area contributed by atoms with Gasteiger partial charge in [-0.15, -0.1) is 0 Å². The van der Waals surface area contributed by atoms with E-state index in [-0.39, 0.29) is 11.2 Å². The van der Waals surface area contributed by atoms with Gasteiger partial charge in [0.25, 0.3) is 0 Å². The number of carbonyl (C=O) groups excluding carboxylic acids is 1. The number of anilines is 1. The maximum Gasteiger partial charge on any atom is 0.228 e. The second-order valence-electron chi connectivity index (χ2n) is 3.61. The van der Waals surface area contributed by atoms with Gasteiger partial charge in [0.2, 0.25) is 5.91 Å². The fourth-order valence-corrected chi connectivity index (χ4v) is 2.53. The molecule has 5 heteroatoms. The predicted molar refractivity (Wildman–Crippen MR) is 68.6 cm³/mol. The lowest BCUT2D eigenvalue weighted by Gasteiger charge is -2.17. The molecule has 3 nitrogen and oxygen atoms in total. The second kappa shape index (κ2) is 4.48. The lowest BCUT2D eigenvalue weighted by molar-refractivity contribution is -0.117. The summed E-state index contributed by atoms with van der Waals surface area (Å²) >= 11 is 7.60. The molecule has 1 unspecified atom stereocenters. The first-order valence-corrected chi connectivity index (χ1v) is 6.11. The third kappa shape index (κ3) is 1.95. The van der Waals surface area contributed by atoms with Crippen molar-refractivity contribution in [2.24, 2.45) is 0 Å². The van der Waals surface area contributed by atoms with Crippen molar-refractivity contribution < 1.29 is 4.79 Å². The largest absolute Gasteiger partial charge is 0.310 e. The normalized spacial score (nSPS) is 19.9. The molecule has 0 bridgehead atoms. The molecule has 0 aliphatic carbocycles. The van der Waals surface area contributed by atoms with Crippen LogP contribution in [0.5, 0.6) is 0 Å². The number of carbonyl (C=O) groups is 1. The average Bonchev–Trinajstić information content (AvgIpc) is 2.57. The second-order valence-corrected chi connectivity index (χ2v) is 5.19. The van der Waals surface area contributed by atoms with E-state index in [4.69, 9.17) is 5.26 Å². The summed E-state index contributed by atoms with van der Waals surface area (Å²) in [6.45, 7) is 0.563. The van der Waals surface area contributed by atoms with Gasteiger partial charge >= 0.3 is 0 Å². The van der Waals surface area contributed by atoms with Gasteiger partial charge < -0.3 is 4.90 Å². The van der Waals surface area contributed by atoms with Crippen LogP contribution in [0.15, 0.2) is 22.7 Å². The summed E-state index contributed by atoms with van der Waals surface area (Å²) in [5, 5.41) is 9.13. The van der Waals surface area contributed by atoms with Gasteiger partial charge in [-0.2, -0.15) is 17.9 Å². The minimum atomic E-state index is 0.0228. The molecule has 16 heavy (non-hydrogen) atoms. The molecule has 1 saturated heterocycles. The quantitative estimate of drug-likeness (QED) is 0.809. The third-order valence-corrected chi connectivity index (χ3v) is 3.51. The Morgan fingerprint density at radius 3 is 2.88 bits per heavy atom. The van der Waals surface area contributed by atoms with Gasteiger partial charge in [-0.25, -0.2) is 0 Å². The van der Waals surface area contributed by atoms with Gasteiger partial charge in [-0.05, 0) is 28.1 Å². The summed E-state index contributed by atoms with van der Waals surface area (Å²) in [5.41, 5.74) is 1.16. The zero-order valence-electron chi connectivity index (χ0n) is 8.35. The van der Waals surface area contributed by atoms with Crippen molar-refractivity contribution in [3.05, 3.63) is 28.2 Å². The van der Waals surface area contributed by atoms with Crippen LogP contribution in [0.25, 0.3) is 0 Å². The number of nitrogens with zero attached hydrogens (tertiary/aromatic N) is 2. The van der Waals surface area contributed by atoms with Gasteiger partial charge in [-0.1, -0.05) is 6.07 Å². The lowest BCUT2D eigenvalue weighted by atomic mass is 10.2. The van der Waals surface area contributed by atoms with Crippen molar-refractivity contribution in [1.82, 2.24) is 0 Å². The molecular formula is C11H9BrN2OS. The van der Waals surface area contributed by atoms with Crippen LogP contribution in [0, 0.1) is 11.3 Å². The van der Waals surface area contributed by atoms with Crippen molar-refractivity contribution in [2.75, 3.05) is 11.4 Å². The predicted octanol–water partition coefficient (Wildman–Crippen LogP) is 2.36. The SMILES string of the molecule is N#Cc1c(Br)cccc1N1CC(S)CC1=O. The van der Waals surface area contributed by atoms with Crippen LogP contribution in [-0.2, 0) is 4.79 Å². The molecule has 1 aliphatic rings. The van der Waals surface area contributed by atoms with Crippen LogP contribution in [0.2, 0.25) is 0 Å². The number of hydrogen-bond donors (Lipinski definition) is 1. The Hall–Kier alpha value is -0.990. The summed E-state index contributed by atoms with van der Waals surface area (Å²) in [4.78, 5) is 13.3. The number of hydrogen-bond acceptors (Lipinski definition) is 3. The Morgan fingerprint density at radius 1 is 1.56 bits per heavy atom. The van der Waals surface area contributed by atoms with Crippen LogP contribution in [-0.4, -0.2) is 17.7 Å². The Balaban J connectivity index is 2.45. The molecule has 0 spiro atoms. The molecule has 1 aliphatic heterocycles. The minimum absolute atomic E-state index is 0.0228. The van der Waals surface area contributed by atoms with Crippen molar-refractivity contribution >= 4 is 40.2 Å². The standard InChI is InChI=1S/C11H9BrN2OS/c12-9-2-1-3-10(8(9)5-13)14-6-7(16)4-11(14)15/h1-3,7,16H,4,6H2. The van der Waals surface area contributed by atoms with Crippen molar-refractivity contribution in [3.8, 4) is 6.07 Å². The highest BCUT2D eigenvalue weighted by Crippen LogP contribution is 2.31. The molecule has 1 aromatic rings. The highest BCUT2D eigenvalue weighted by molar-refractivity contribution is 9.10. The third-order valence-electron chi connectivity index (χ3n) is 2.50. The molecule has 1 aromatic carbocycles. The van der Waals surface area contributed by atoms with E-state index in [1.54, 1.807) is 17.0 Å². The monoisotopic (exact) mass is 296 g/mol. The summed E-state index contributed by atoms with van der Waals surface area (Å²) in [5.74, 6) is 0.0228. The maximum atomic E-state index is 11.7. The topological polar surface area (TPSA) is 44.1 Å². The molecule has 2 rings (SSSR count). The number of amides is 1. The fraction of sp³-hybridized carbons (Fsp3) is 0.273. The van der Waals surface area contributed by atoms with E-state index in [2.05, 4.69) is 34.6 Å². The van der Waals surface area contributed by atoms with Gasteiger partial charge in [0, 0.05) is 22.7 Å². The maximum absolute atomic E-state index is 11.7. The minimum Gasteiger partial charge on any atom is -0.310 e. The molecule has 1 atom stereocenters. The molecule has 82 valence electrons. The van der Waals surface area contributed by atoms with Gasteiger partial charge in [0.1, 0.15) is 6.07 Å². The number of halogens is 1. The highest BCUT2D eigenvalue weighted by Gasteiger charge is 2.30. The molecule has 0 radical (unpaired) electrons. The molecule has 0 N–H and O–H groups in total. The number of benzene rings is 1. The number of thiol groups is 1. The highest BCUT2D eigenvalue weighted by atomic mass is 79.9. The van der Waals surface area contributed by atoms with Crippen molar-refractivity contribution in [3.63, 3.8) is 0 Å². The summed E-state index contributed by atoms with van der Waals surface area (Å²) in [6.07, 6.45) is 0.431. The number of rotatable bonds is 1. The van der Waals surface area contributed by atoms with Crippen LogP contribution in [0.3, 0.4) is 0 Å². The fourth-order valence-electron chi connectivity index (χ4n) is 1.77. The van der Waals surface area contributed by atoms with Gasteiger partial charge in [-0.3, -0.25) is 4.79 Å². The molecule has 1 heterocycles. The van der Waals surface area contributed by atoms with E-state index < -0.39 is 0 Å². The molecule has 0 saturated carbocycles. The van der Waals surface area contributed by atoms with E-state index in [0.717, 1.165) is 0 Å². The van der Waals surface area contributed by atoms with Crippen molar-refractivity contribution in [1.29, 1.82) is 5.26 Å². The summed E-state index contributed by atoms with van der Waals surface area (Å²) < 4.78 is 0.711. The Kier molecular flexibility index (Phi) is 3.22. The average molecular weight is 297 g/mol. The van der Waals surface area contributed by atoms with Gasteiger partial charge in [0.05, 0.1) is 11.3 Å². The first-order chi connectivity index (χ1) is 7.63. The summed E-state index contributed by atoms with van der Waals surface area (Å²) in [7, 11) is 0. The molecule has 1 fully saturated rings. The molecule has 1 amide bonds. The van der Waals surface area contributed by atoms with E-state index >= 15 is 0 Å². The lowest BCUT2D eigenvalue weighted by Crippen LogP contribution is -2.25. The van der Waals surface area contributed by atoms with E-state index in [9.17, 15) is 4.79 Å². The zero-order chi connectivity index (χ0) is 11.7. The van der Waals surface area contributed by atoms with Crippen LogP contribution < -0.4 is 4.90 Å². The Morgan fingerprint density at radius 2 is 2.31 bits per heavy atom. The van der Waals surface area contributed by atoms with Crippen molar-refractivity contribution in [2.45, 2.75) is 11.7 Å². The smallest absolute Gasteiger partial charge is 0.228 e. The van der Waals surface area contributed by atoms with E-state index in [0.29, 0.717) is 28.7 Å². The summed E-state index contributed by atoms with van der Waals surface area (Å²) in [6, 6.07) is 7.51. The molecular weight excluding hydrogens is 288 g/mol. The Bertz CT molecular complexity index is 483. The zero-order valence-corrected chi connectivity index (χ0v) is 10.8. The van der Waals surface area contributed by atoms with Crippen LogP contribution in [0.1, 0.15) is 12.0 Å². The number of nitriles is 1. The Labute approximate surface area is 108 Å². The molecule has 0 aromatic heterocycles. The van der Waals surface area contributed by atoms with E-state index in [1.165, 1.54) is 0 Å². The van der Waals surface area contributed by atoms with Gasteiger partial charge in [0.15, 0.2) is 0 Å².